The fraction of sp³-hybridized carbons (Fsp3) is 0.235. The molecule has 0 saturated carbocycles. The molecule has 0 fully saturated rings. The number of benzene rings is 2. The molecule has 0 bridgehead atoms. The van der Waals surface area contributed by atoms with Crippen LogP contribution in [0.25, 0.3) is 0 Å². The van der Waals surface area contributed by atoms with Crippen LogP contribution in [0.1, 0.15) is 15.9 Å². The normalized spacial score (nSPS) is 11.4. The molecule has 0 aliphatic heterocycles. The standard InChI is InChI=1S/C17H20ClN3O3S/c1-12-11-14(18)7-10-16(12)19-17(22)13-5-8-15(9-6-13)21(4)25(23,24)20(2)3/h5-11H,1-4H3,(H,19,22). The van der Waals surface area contributed by atoms with Crippen molar-refractivity contribution in [1.82, 2.24) is 4.31 Å². The van der Waals surface area contributed by atoms with E-state index in [0.29, 0.717) is 22.0 Å². The molecule has 0 heterocycles. The summed E-state index contributed by atoms with van der Waals surface area (Å²) >= 11 is 5.91. The number of amides is 1. The van der Waals surface area contributed by atoms with Gasteiger partial charge in [-0.15, -0.1) is 0 Å². The molecule has 0 atom stereocenters. The van der Waals surface area contributed by atoms with Gasteiger partial charge in [0, 0.05) is 37.4 Å². The average molecular weight is 382 g/mol. The number of nitrogens with one attached hydrogen (secondary N) is 1. The molecule has 0 radical (unpaired) electrons. The smallest absolute Gasteiger partial charge is 0.303 e. The fourth-order valence-corrected chi connectivity index (χ4v) is 3.27. The molecule has 2 rings (SSSR count). The predicted octanol–water partition coefficient (Wildman–Crippen LogP) is 3.14. The molecule has 1 amide bonds. The second-order valence-corrected chi connectivity index (χ2v) is 8.33. The molecule has 6 nitrogen and oxygen atoms in total. The van der Waals surface area contributed by atoms with E-state index in [2.05, 4.69) is 5.32 Å². The van der Waals surface area contributed by atoms with Crippen molar-refractivity contribution in [3.8, 4) is 0 Å². The van der Waals surface area contributed by atoms with Crippen LogP contribution < -0.4 is 9.62 Å². The molecular formula is C17H20ClN3O3S. The lowest BCUT2D eigenvalue weighted by Crippen LogP contribution is -2.37. The number of hydrogen-bond donors (Lipinski definition) is 1. The lowest BCUT2D eigenvalue weighted by molar-refractivity contribution is 0.102. The highest BCUT2D eigenvalue weighted by molar-refractivity contribution is 7.90. The Labute approximate surface area is 153 Å². The van der Waals surface area contributed by atoms with Gasteiger partial charge in [-0.3, -0.25) is 9.10 Å². The van der Waals surface area contributed by atoms with Crippen molar-refractivity contribution in [3.05, 3.63) is 58.6 Å². The maximum absolute atomic E-state index is 12.4. The van der Waals surface area contributed by atoms with Gasteiger partial charge in [0.05, 0.1) is 5.69 Å². The van der Waals surface area contributed by atoms with Crippen molar-refractivity contribution in [3.63, 3.8) is 0 Å². The molecule has 1 N–H and O–H groups in total. The van der Waals surface area contributed by atoms with Crippen LogP contribution in [0.4, 0.5) is 11.4 Å². The third-order valence-electron chi connectivity index (χ3n) is 3.74. The van der Waals surface area contributed by atoms with Gasteiger partial charge in [0.2, 0.25) is 0 Å². The van der Waals surface area contributed by atoms with Crippen LogP contribution in [-0.4, -0.2) is 39.8 Å². The first-order valence-electron chi connectivity index (χ1n) is 7.47. The van der Waals surface area contributed by atoms with Crippen molar-refractivity contribution in [2.45, 2.75) is 6.92 Å². The molecule has 0 aliphatic carbocycles. The summed E-state index contributed by atoms with van der Waals surface area (Å²) in [6, 6.07) is 11.5. The summed E-state index contributed by atoms with van der Waals surface area (Å²) in [5, 5.41) is 3.42. The van der Waals surface area contributed by atoms with Gasteiger partial charge >= 0.3 is 10.2 Å². The SMILES string of the molecule is Cc1cc(Cl)ccc1NC(=O)c1ccc(N(C)S(=O)(=O)N(C)C)cc1. The molecule has 2 aromatic carbocycles. The number of hydrogen-bond acceptors (Lipinski definition) is 3. The molecule has 0 aromatic heterocycles. The molecule has 0 saturated heterocycles. The maximum Gasteiger partial charge on any atom is 0.303 e. The van der Waals surface area contributed by atoms with Gasteiger partial charge in [0.15, 0.2) is 0 Å². The number of rotatable bonds is 5. The van der Waals surface area contributed by atoms with E-state index in [0.717, 1.165) is 14.2 Å². The zero-order valence-electron chi connectivity index (χ0n) is 14.4. The molecule has 0 spiro atoms. The predicted molar refractivity (Wildman–Crippen MR) is 102 cm³/mol. The Kier molecular flexibility index (Phi) is 5.72. The van der Waals surface area contributed by atoms with Gasteiger partial charge in [0.25, 0.3) is 5.91 Å². The third kappa shape index (κ3) is 4.31. The molecular weight excluding hydrogens is 362 g/mol. The zero-order valence-corrected chi connectivity index (χ0v) is 16.0. The van der Waals surface area contributed by atoms with Crippen molar-refractivity contribution in [2.75, 3.05) is 30.8 Å². The Morgan fingerprint density at radius 2 is 1.64 bits per heavy atom. The molecule has 8 heteroatoms. The minimum Gasteiger partial charge on any atom is -0.322 e. The lowest BCUT2D eigenvalue weighted by atomic mass is 10.1. The van der Waals surface area contributed by atoms with E-state index >= 15 is 0 Å². The van der Waals surface area contributed by atoms with Gasteiger partial charge < -0.3 is 5.32 Å². The van der Waals surface area contributed by atoms with Crippen LogP contribution in [0, 0.1) is 6.92 Å². The number of halogens is 1. The zero-order chi connectivity index (χ0) is 18.8. The van der Waals surface area contributed by atoms with E-state index in [4.69, 9.17) is 11.6 Å². The summed E-state index contributed by atoms with van der Waals surface area (Å²) in [5.41, 5.74) is 2.42. The first-order chi connectivity index (χ1) is 11.6. The van der Waals surface area contributed by atoms with E-state index < -0.39 is 10.2 Å². The number of anilines is 2. The summed E-state index contributed by atoms with van der Waals surface area (Å²) in [5.74, 6) is -0.282. The van der Waals surface area contributed by atoms with Gasteiger partial charge in [-0.2, -0.15) is 12.7 Å². The monoisotopic (exact) mass is 381 g/mol. The topological polar surface area (TPSA) is 69.7 Å². The van der Waals surface area contributed by atoms with Crippen molar-refractivity contribution >= 4 is 39.1 Å². The van der Waals surface area contributed by atoms with Crippen LogP contribution >= 0.6 is 11.6 Å². The second-order valence-electron chi connectivity index (χ2n) is 5.72. The summed E-state index contributed by atoms with van der Waals surface area (Å²) < 4.78 is 26.5. The Morgan fingerprint density at radius 1 is 1.04 bits per heavy atom. The van der Waals surface area contributed by atoms with Crippen LogP contribution in [0.2, 0.25) is 5.02 Å². The lowest BCUT2D eigenvalue weighted by Gasteiger charge is -2.23. The third-order valence-corrected chi connectivity index (χ3v) is 5.80. The minimum absolute atomic E-state index is 0.282. The molecule has 0 unspecified atom stereocenters. The first kappa shape index (κ1) is 19.2. The number of aryl methyl sites for hydroxylation is 1. The van der Waals surface area contributed by atoms with Crippen molar-refractivity contribution < 1.29 is 13.2 Å². The largest absolute Gasteiger partial charge is 0.322 e. The summed E-state index contributed by atoms with van der Waals surface area (Å²) in [6.07, 6.45) is 0. The van der Waals surface area contributed by atoms with Crippen LogP contribution in [0.15, 0.2) is 42.5 Å². The fourth-order valence-electron chi connectivity index (χ4n) is 2.16. The second kappa shape index (κ2) is 7.43. The van der Waals surface area contributed by atoms with Crippen LogP contribution in [0.3, 0.4) is 0 Å². The minimum atomic E-state index is -3.57. The van der Waals surface area contributed by atoms with Crippen LogP contribution in [-0.2, 0) is 10.2 Å². The van der Waals surface area contributed by atoms with Gasteiger partial charge in [0.1, 0.15) is 0 Å². The van der Waals surface area contributed by atoms with Crippen LogP contribution in [0.5, 0.6) is 0 Å². The first-order valence-corrected chi connectivity index (χ1v) is 9.24. The quantitative estimate of drug-likeness (QED) is 0.864. The Balaban J connectivity index is 2.18. The number of carbonyl (C=O) groups excluding carboxylic acids is 1. The average Bonchev–Trinajstić information content (AvgIpc) is 2.56. The highest BCUT2D eigenvalue weighted by Gasteiger charge is 2.21. The van der Waals surface area contributed by atoms with Crippen molar-refractivity contribution in [2.24, 2.45) is 0 Å². The maximum atomic E-state index is 12.4. The molecule has 2 aromatic rings. The Hall–Kier alpha value is -2.09. The summed E-state index contributed by atoms with van der Waals surface area (Å²) in [7, 11) is 0.813. The van der Waals surface area contributed by atoms with Gasteiger partial charge in [-0.25, -0.2) is 0 Å². The summed E-state index contributed by atoms with van der Waals surface area (Å²) in [6.45, 7) is 1.85. The van der Waals surface area contributed by atoms with E-state index in [9.17, 15) is 13.2 Å². The number of carbonyl (C=O) groups is 1. The van der Waals surface area contributed by atoms with E-state index in [1.54, 1.807) is 42.5 Å². The molecule has 25 heavy (non-hydrogen) atoms. The molecule has 134 valence electrons. The molecule has 0 aliphatic rings. The van der Waals surface area contributed by atoms with E-state index in [1.165, 1.54) is 21.1 Å². The van der Waals surface area contributed by atoms with Gasteiger partial charge in [-0.05, 0) is 55.0 Å². The summed E-state index contributed by atoms with van der Waals surface area (Å²) in [4.78, 5) is 12.4. The Morgan fingerprint density at radius 3 is 2.16 bits per heavy atom. The van der Waals surface area contributed by atoms with E-state index in [-0.39, 0.29) is 5.91 Å². The Bertz CT molecular complexity index is 881. The highest BCUT2D eigenvalue weighted by Crippen LogP contribution is 2.22. The highest BCUT2D eigenvalue weighted by atomic mass is 35.5. The van der Waals surface area contributed by atoms with E-state index in [1.807, 2.05) is 6.92 Å². The number of nitrogens with zero attached hydrogens (tertiary/aromatic N) is 2. The van der Waals surface area contributed by atoms with Gasteiger partial charge in [-0.1, -0.05) is 11.6 Å². The van der Waals surface area contributed by atoms with Crippen molar-refractivity contribution in [1.29, 1.82) is 0 Å².